The number of carbonyl (C=O) groups is 1. The predicted molar refractivity (Wildman–Crippen MR) is 83.4 cm³/mol. The van der Waals surface area contributed by atoms with Gasteiger partial charge in [-0.15, -0.1) is 5.10 Å². The molecule has 3 heterocycles. The normalized spacial score (nSPS) is 17.4. The highest BCUT2D eigenvalue weighted by molar-refractivity contribution is 5.92. The van der Waals surface area contributed by atoms with Crippen molar-refractivity contribution in [2.75, 3.05) is 31.1 Å². The molecule has 0 atom stereocenters. The number of piperazine rings is 1. The van der Waals surface area contributed by atoms with Gasteiger partial charge in [0.15, 0.2) is 11.5 Å². The maximum Gasteiger partial charge on any atom is 0.276 e. The Kier molecular flexibility index (Phi) is 3.48. The molecule has 1 fully saturated rings. The smallest absolute Gasteiger partial charge is 0.276 e. The molecule has 0 radical (unpaired) electrons. The highest BCUT2D eigenvalue weighted by Gasteiger charge is 2.25. The maximum absolute atomic E-state index is 12.4. The molecule has 2 aromatic rings. The Morgan fingerprint density at radius 3 is 2.70 bits per heavy atom. The Morgan fingerprint density at radius 1 is 1.13 bits per heavy atom. The second-order valence-corrected chi connectivity index (χ2v) is 6.13. The van der Waals surface area contributed by atoms with Crippen LogP contribution in [0, 0.1) is 6.92 Å². The molecule has 0 bridgehead atoms. The molecule has 2 aliphatic rings. The van der Waals surface area contributed by atoms with Crippen LogP contribution in [0.25, 0.3) is 0 Å². The van der Waals surface area contributed by atoms with Gasteiger partial charge in [-0.25, -0.2) is 0 Å². The van der Waals surface area contributed by atoms with E-state index in [2.05, 4.69) is 26.3 Å². The van der Waals surface area contributed by atoms with Gasteiger partial charge in [0.2, 0.25) is 0 Å². The fraction of sp³-hybridized carbons (Fsp3) is 0.500. The van der Waals surface area contributed by atoms with Crippen LogP contribution in [-0.4, -0.2) is 52.3 Å². The quantitative estimate of drug-likeness (QED) is 0.830. The number of amides is 1. The van der Waals surface area contributed by atoms with E-state index < -0.39 is 0 Å². The standard InChI is InChI=1S/C16H19N5O2/c1-11-9-14(19-23-11)16(22)21-7-5-20(6-8-21)15-10-12-3-2-4-13(12)17-18-15/h9-10H,2-8H2,1H3. The summed E-state index contributed by atoms with van der Waals surface area (Å²) in [4.78, 5) is 16.4. The average molecular weight is 313 g/mol. The van der Waals surface area contributed by atoms with E-state index >= 15 is 0 Å². The lowest BCUT2D eigenvalue weighted by Crippen LogP contribution is -2.49. The molecule has 7 heteroatoms. The van der Waals surface area contributed by atoms with Gasteiger partial charge >= 0.3 is 0 Å². The topological polar surface area (TPSA) is 75.4 Å². The van der Waals surface area contributed by atoms with Gasteiger partial charge in [0, 0.05) is 32.2 Å². The highest BCUT2D eigenvalue weighted by Crippen LogP contribution is 2.23. The zero-order valence-electron chi connectivity index (χ0n) is 13.2. The molecule has 1 aliphatic heterocycles. The number of fused-ring (bicyclic) bond motifs is 1. The van der Waals surface area contributed by atoms with Crippen molar-refractivity contribution in [3.05, 3.63) is 34.8 Å². The number of rotatable bonds is 2. The minimum atomic E-state index is -0.0680. The van der Waals surface area contributed by atoms with Crippen LogP contribution in [0.15, 0.2) is 16.7 Å². The Hall–Kier alpha value is -2.44. The maximum atomic E-state index is 12.4. The first-order valence-corrected chi connectivity index (χ1v) is 8.04. The number of nitrogens with zero attached hydrogens (tertiary/aromatic N) is 5. The van der Waals surface area contributed by atoms with E-state index in [1.54, 1.807) is 13.0 Å². The molecule has 1 saturated heterocycles. The van der Waals surface area contributed by atoms with Crippen molar-refractivity contribution in [2.45, 2.75) is 26.2 Å². The van der Waals surface area contributed by atoms with Gasteiger partial charge in [0.25, 0.3) is 5.91 Å². The van der Waals surface area contributed by atoms with Gasteiger partial charge < -0.3 is 14.3 Å². The van der Waals surface area contributed by atoms with Crippen molar-refractivity contribution in [3.8, 4) is 0 Å². The summed E-state index contributed by atoms with van der Waals surface area (Å²) in [6.07, 6.45) is 3.32. The monoisotopic (exact) mass is 313 g/mol. The number of aryl methyl sites for hydroxylation is 3. The third-order valence-corrected chi connectivity index (χ3v) is 4.54. The Labute approximate surface area is 134 Å². The SMILES string of the molecule is Cc1cc(C(=O)N2CCN(c3cc4c(nn3)CCC4)CC2)no1. The molecule has 1 aliphatic carbocycles. The van der Waals surface area contributed by atoms with Crippen molar-refractivity contribution in [1.82, 2.24) is 20.3 Å². The zero-order chi connectivity index (χ0) is 15.8. The van der Waals surface area contributed by atoms with E-state index in [0.29, 0.717) is 24.5 Å². The lowest BCUT2D eigenvalue weighted by Gasteiger charge is -2.34. The molecule has 0 N–H and O–H groups in total. The fourth-order valence-corrected chi connectivity index (χ4v) is 3.24. The summed E-state index contributed by atoms with van der Waals surface area (Å²) in [6, 6.07) is 3.84. The summed E-state index contributed by atoms with van der Waals surface area (Å²) < 4.78 is 4.98. The number of anilines is 1. The predicted octanol–water partition coefficient (Wildman–Crippen LogP) is 1.22. The van der Waals surface area contributed by atoms with E-state index in [1.807, 2.05) is 4.90 Å². The first-order chi connectivity index (χ1) is 11.2. The van der Waals surface area contributed by atoms with Crippen LogP contribution in [0.4, 0.5) is 5.82 Å². The largest absolute Gasteiger partial charge is 0.361 e. The summed E-state index contributed by atoms with van der Waals surface area (Å²) in [7, 11) is 0. The molecule has 0 unspecified atom stereocenters. The van der Waals surface area contributed by atoms with E-state index in [9.17, 15) is 4.79 Å². The second-order valence-electron chi connectivity index (χ2n) is 6.13. The Bertz CT molecular complexity index is 734. The van der Waals surface area contributed by atoms with Crippen LogP contribution in [0.5, 0.6) is 0 Å². The van der Waals surface area contributed by atoms with Crippen LogP contribution in [0.1, 0.15) is 33.9 Å². The lowest BCUT2D eigenvalue weighted by molar-refractivity contribution is 0.0736. The van der Waals surface area contributed by atoms with Crippen LogP contribution >= 0.6 is 0 Å². The highest BCUT2D eigenvalue weighted by atomic mass is 16.5. The van der Waals surface area contributed by atoms with Crippen molar-refractivity contribution in [2.24, 2.45) is 0 Å². The molecule has 1 amide bonds. The van der Waals surface area contributed by atoms with E-state index in [4.69, 9.17) is 4.52 Å². The second kappa shape index (κ2) is 5.64. The summed E-state index contributed by atoms with van der Waals surface area (Å²) in [6.45, 7) is 4.62. The van der Waals surface area contributed by atoms with Gasteiger partial charge in [-0.1, -0.05) is 5.16 Å². The van der Waals surface area contributed by atoms with Crippen molar-refractivity contribution in [3.63, 3.8) is 0 Å². The molecule has 0 spiro atoms. The van der Waals surface area contributed by atoms with Gasteiger partial charge in [-0.2, -0.15) is 5.10 Å². The minimum absolute atomic E-state index is 0.0680. The third kappa shape index (κ3) is 2.67. The number of carbonyl (C=O) groups excluding carboxylic acids is 1. The number of aromatic nitrogens is 3. The first kappa shape index (κ1) is 14.2. The third-order valence-electron chi connectivity index (χ3n) is 4.54. The Morgan fingerprint density at radius 2 is 1.96 bits per heavy atom. The van der Waals surface area contributed by atoms with Crippen molar-refractivity contribution < 1.29 is 9.32 Å². The van der Waals surface area contributed by atoms with Crippen LogP contribution in [0.2, 0.25) is 0 Å². The van der Waals surface area contributed by atoms with Gasteiger partial charge in [-0.05, 0) is 37.8 Å². The molecule has 7 nitrogen and oxygen atoms in total. The molecular weight excluding hydrogens is 294 g/mol. The van der Waals surface area contributed by atoms with Crippen molar-refractivity contribution >= 4 is 11.7 Å². The lowest BCUT2D eigenvalue weighted by atomic mass is 10.2. The van der Waals surface area contributed by atoms with E-state index in [0.717, 1.165) is 37.4 Å². The molecule has 4 rings (SSSR count). The summed E-state index contributed by atoms with van der Waals surface area (Å²) in [5, 5.41) is 12.5. The summed E-state index contributed by atoms with van der Waals surface area (Å²) in [5.41, 5.74) is 2.85. The molecule has 120 valence electrons. The van der Waals surface area contributed by atoms with Gasteiger partial charge in [0.05, 0.1) is 5.69 Å². The van der Waals surface area contributed by atoms with Crippen LogP contribution in [0.3, 0.4) is 0 Å². The van der Waals surface area contributed by atoms with Crippen molar-refractivity contribution in [1.29, 1.82) is 0 Å². The zero-order valence-corrected chi connectivity index (χ0v) is 13.2. The Balaban J connectivity index is 1.42. The summed E-state index contributed by atoms with van der Waals surface area (Å²) in [5.74, 6) is 1.51. The molecule has 2 aromatic heterocycles. The molecule has 0 aromatic carbocycles. The number of hydrogen-bond acceptors (Lipinski definition) is 6. The van der Waals surface area contributed by atoms with E-state index in [-0.39, 0.29) is 5.91 Å². The molecule has 23 heavy (non-hydrogen) atoms. The number of hydrogen-bond donors (Lipinski definition) is 0. The van der Waals surface area contributed by atoms with Gasteiger partial charge in [0.1, 0.15) is 5.76 Å². The molecule has 0 saturated carbocycles. The minimum Gasteiger partial charge on any atom is -0.361 e. The molecular formula is C16H19N5O2. The first-order valence-electron chi connectivity index (χ1n) is 8.04. The van der Waals surface area contributed by atoms with Crippen LogP contribution in [-0.2, 0) is 12.8 Å². The van der Waals surface area contributed by atoms with E-state index in [1.165, 1.54) is 12.0 Å². The fourth-order valence-electron chi connectivity index (χ4n) is 3.24. The van der Waals surface area contributed by atoms with Gasteiger partial charge in [-0.3, -0.25) is 4.79 Å². The van der Waals surface area contributed by atoms with Crippen LogP contribution < -0.4 is 4.90 Å². The summed E-state index contributed by atoms with van der Waals surface area (Å²) >= 11 is 0. The average Bonchev–Trinajstić information content (AvgIpc) is 3.22.